The molecule has 3 aromatic rings. The van der Waals surface area contributed by atoms with Crippen LogP contribution in [0.1, 0.15) is 11.5 Å². The summed E-state index contributed by atoms with van der Waals surface area (Å²) in [6.07, 6.45) is 0. The molecule has 0 fully saturated rings. The van der Waals surface area contributed by atoms with Crippen LogP contribution in [-0.4, -0.2) is 33.4 Å². The number of alkyl halides is 1. The molecule has 5 nitrogen and oxygen atoms in total. The van der Waals surface area contributed by atoms with Crippen LogP contribution in [0.25, 0.3) is 16.9 Å². The van der Waals surface area contributed by atoms with Gasteiger partial charge in [0.05, 0.1) is 17.3 Å². The standard InChI is InChI=1S/C15H18ClN5/c1-10-14-15(20(4)18-10)21(13(9-16)17-14)12-7-5-6-11(8-12)19(2)3/h5-8H,9H2,1-4H3. The average Bonchev–Trinajstić information content (AvgIpc) is 2.98. The molecule has 0 atom stereocenters. The number of hydrogen-bond donors (Lipinski definition) is 0. The number of aromatic nitrogens is 4. The van der Waals surface area contributed by atoms with Gasteiger partial charge in [-0.3, -0.25) is 4.57 Å². The highest BCUT2D eigenvalue weighted by Gasteiger charge is 2.18. The molecule has 0 aliphatic rings. The molecule has 0 radical (unpaired) electrons. The summed E-state index contributed by atoms with van der Waals surface area (Å²) in [6, 6.07) is 8.30. The normalized spacial score (nSPS) is 11.3. The van der Waals surface area contributed by atoms with E-state index in [1.54, 1.807) is 0 Å². The molecule has 110 valence electrons. The third kappa shape index (κ3) is 2.17. The highest BCUT2D eigenvalue weighted by molar-refractivity contribution is 6.17. The van der Waals surface area contributed by atoms with Crippen LogP contribution in [0.15, 0.2) is 24.3 Å². The Hall–Kier alpha value is -2.01. The Morgan fingerprint density at radius 2 is 2.05 bits per heavy atom. The monoisotopic (exact) mass is 303 g/mol. The molecule has 21 heavy (non-hydrogen) atoms. The fourth-order valence-electron chi connectivity index (χ4n) is 2.59. The van der Waals surface area contributed by atoms with E-state index in [-0.39, 0.29) is 0 Å². The molecule has 0 bridgehead atoms. The number of fused-ring (bicyclic) bond motifs is 1. The summed E-state index contributed by atoms with van der Waals surface area (Å²) in [4.78, 5) is 6.71. The van der Waals surface area contributed by atoms with Gasteiger partial charge in [-0.1, -0.05) is 6.07 Å². The molecule has 0 spiro atoms. The molecule has 0 aliphatic heterocycles. The van der Waals surface area contributed by atoms with Crippen molar-refractivity contribution in [3.05, 3.63) is 35.8 Å². The Balaban J connectivity index is 2.30. The smallest absolute Gasteiger partial charge is 0.163 e. The highest BCUT2D eigenvalue weighted by atomic mass is 35.5. The van der Waals surface area contributed by atoms with E-state index >= 15 is 0 Å². The SMILES string of the molecule is Cc1nn(C)c2c1nc(CCl)n2-c1cccc(N(C)C)c1. The minimum Gasteiger partial charge on any atom is -0.378 e. The van der Waals surface area contributed by atoms with Crippen LogP contribution < -0.4 is 4.90 Å². The first-order valence-electron chi connectivity index (χ1n) is 6.77. The zero-order chi connectivity index (χ0) is 15.1. The Labute approximate surface area is 128 Å². The van der Waals surface area contributed by atoms with E-state index in [0.717, 1.165) is 34.1 Å². The minimum absolute atomic E-state index is 0.361. The fraction of sp³-hybridized carbons (Fsp3) is 0.333. The number of rotatable bonds is 3. The Kier molecular flexibility index (Phi) is 3.37. The highest BCUT2D eigenvalue weighted by Crippen LogP contribution is 2.26. The molecule has 0 unspecified atom stereocenters. The summed E-state index contributed by atoms with van der Waals surface area (Å²) < 4.78 is 3.94. The van der Waals surface area contributed by atoms with Gasteiger partial charge in [-0.25, -0.2) is 9.67 Å². The van der Waals surface area contributed by atoms with Gasteiger partial charge in [0.1, 0.15) is 11.3 Å². The van der Waals surface area contributed by atoms with E-state index in [1.165, 1.54) is 0 Å². The molecule has 2 aromatic heterocycles. The van der Waals surface area contributed by atoms with Crippen molar-refractivity contribution in [1.29, 1.82) is 0 Å². The third-order valence-electron chi connectivity index (χ3n) is 3.60. The number of nitrogens with zero attached hydrogens (tertiary/aromatic N) is 5. The fourth-order valence-corrected chi connectivity index (χ4v) is 2.77. The Bertz CT molecular complexity index is 800. The first-order chi connectivity index (χ1) is 10.0. The van der Waals surface area contributed by atoms with Crippen LogP contribution in [0.3, 0.4) is 0 Å². The van der Waals surface area contributed by atoms with E-state index in [1.807, 2.05) is 38.8 Å². The maximum Gasteiger partial charge on any atom is 0.163 e. The van der Waals surface area contributed by atoms with Gasteiger partial charge < -0.3 is 4.90 Å². The quantitative estimate of drug-likeness (QED) is 0.698. The van der Waals surface area contributed by atoms with Gasteiger partial charge in [0, 0.05) is 26.8 Å². The van der Waals surface area contributed by atoms with Crippen molar-refractivity contribution < 1.29 is 0 Å². The van der Waals surface area contributed by atoms with E-state index in [0.29, 0.717) is 5.88 Å². The number of hydrogen-bond acceptors (Lipinski definition) is 3. The van der Waals surface area contributed by atoms with Gasteiger partial charge in [0.25, 0.3) is 0 Å². The molecule has 2 heterocycles. The lowest BCUT2D eigenvalue weighted by Crippen LogP contribution is -2.10. The molecule has 0 saturated carbocycles. The predicted molar refractivity (Wildman–Crippen MR) is 86.5 cm³/mol. The summed E-state index contributed by atoms with van der Waals surface area (Å²) in [7, 11) is 5.99. The van der Waals surface area contributed by atoms with Crippen molar-refractivity contribution in [3.63, 3.8) is 0 Å². The summed E-state index contributed by atoms with van der Waals surface area (Å²) >= 11 is 6.09. The van der Waals surface area contributed by atoms with Crippen LogP contribution in [-0.2, 0) is 12.9 Å². The van der Waals surface area contributed by atoms with Crippen LogP contribution in [0.5, 0.6) is 0 Å². The first-order valence-corrected chi connectivity index (χ1v) is 7.31. The van der Waals surface area contributed by atoms with Gasteiger partial charge in [-0.2, -0.15) is 5.10 Å². The predicted octanol–water partition coefficient (Wildman–Crippen LogP) is 2.87. The molecular formula is C15H18ClN5. The molecule has 0 amide bonds. The van der Waals surface area contributed by atoms with E-state index in [9.17, 15) is 0 Å². The first kappa shape index (κ1) is 13.9. The van der Waals surface area contributed by atoms with Gasteiger partial charge in [0.15, 0.2) is 5.65 Å². The molecule has 3 rings (SSSR count). The number of imidazole rings is 1. The lowest BCUT2D eigenvalue weighted by Gasteiger charge is -2.15. The number of aryl methyl sites for hydroxylation is 2. The van der Waals surface area contributed by atoms with Crippen molar-refractivity contribution >= 4 is 28.5 Å². The number of anilines is 1. The van der Waals surface area contributed by atoms with Gasteiger partial charge in [-0.05, 0) is 25.1 Å². The molecule has 0 saturated heterocycles. The maximum absolute atomic E-state index is 6.09. The van der Waals surface area contributed by atoms with Crippen LogP contribution >= 0.6 is 11.6 Å². The third-order valence-corrected chi connectivity index (χ3v) is 3.83. The molecule has 6 heteroatoms. The van der Waals surface area contributed by atoms with Crippen molar-refractivity contribution in [3.8, 4) is 5.69 Å². The Morgan fingerprint density at radius 1 is 1.29 bits per heavy atom. The average molecular weight is 304 g/mol. The number of halogens is 1. The van der Waals surface area contributed by atoms with Crippen LogP contribution in [0.2, 0.25) is 0 Å². The summed E-state index contributed by atoms with van der Waals surface area (Å²) in [5.74, 6) is 1.19. The second kappa shape index (κ2) is 5.07. The summed E-state index contributed by atoms with van der Waals surface area (Å²) in [5, 5.41) is 4.45. The maximum atomic E-state index is 6.09. The lowest BCUT2D eigenvalue weighted by molar-refractivity contribution is 0.755. The lowest BCUT2D eigenvalue weighted by atomic mass is 10.2. The van der Waals surface area contributed by atoms with Crippen molar-refractivity contribution in [2.75, 3.05) is 19.0 Å². The molecule has 1 aromatic carbocycles. The van der Waals surface area contributed by atoms with Crippen molar-refractivity contribution in [1.82, 2.24) is 19.3 Å². The largest absolute Gasteiger partial charge is 0.378 e. The second-order valence-electron chi connectivity index (χ2n) is 5.29. The molecular weight excluding hydrogens is 286 g/mol. The Morgan fingerprint density at radius 3 is 2.71 bits per heavy atom. The molecule has 0 aliphatic carbocycles. The van der Waals surface area contributed by atoms with Crippen LogP contribution in [0.4, 0.5) is 5.69 Å². The minimum atomic E-state index is 0.361. The number of benzene rings is 1. The van der Waals surface area contributed by atoms with Crippen LogP contribution in [0, 0.1) is 6.92 Å². The van der Waals surface area contributed by atoms with Gasteiger partial charge >= 0.3 is 0 Å². The zero-order valence-corrected chi connectivity index (χ0v) is 13.4. The second-order valence-corrected chi connectivity index (χ2v) is 5.56. The molecule has 0 N–H and O–H groups in total. The van der Waals surface area contributed by atoms with E-state index < -0.39 is 0 Å². The van der Waals surface area contributed by atoms with Crippen molar-refractivity contribution in [2.24, 2.45) is 7.05 Å². The van der Waals surface area contributed by atoms with Gasteiger partial charge in [-0.15, -0.1) is 11.6 Å². The summed E-state index contributed by atoms with van der Waals surface area (Å²) in [6.45, 7) is 1.97. The zero-order valence-electron chi connectivity index (χ0n) is 12.6. The van der Waals surface area contributed by atoms with Crippen molar-refractivity contribution in [2.45, 2.75) is 12.8 Å². The van der Waals surface area contributed by atoms with Gasteiger partial charge in [0.2, 0.25) is 0 Å². The van der Waals surface area contributed by atoms with E-state index in [2.05, 4.69) is 37.7 Å². The summed E-state index contributed by atoms with van der Waals surface area (Å²) in [5.41, 5.74) is 4.97. The topological polar surface area (TPSA) is 38.9 Å². The van der Waals surface area contributed by atoms with E-state index in [4.69, 9.17) is 11.6 Å².